The van der Waals surface area contributed by atoms with Crippen LogP contribution in [0.4, 0.5) is 10.6 Å². The summed E-state index contributed by atoms with van der Waals surface area (Å²) in [6, 6.07) is 0. The molecule has 118 valence electrons. The first-order valence-electron chi connectivity index (χ1n) is 6.21. The molecule has 5 N–H and O–H groups in total. The third-order valence-electron chi connectivity index (χ3n) is 2.30. The lowest BCUT2D eigenvalue weighted by molar-refractivity contribution is 0.0111. The molecule has 2 unspecified atom stereocenters. The first-order chi connectivity index (χ1) is 9.60. The monoisotopic (exact) mass is 318 g/mol. The van der Waals surface area contributed by atoms with E-state index >= 15 is 0 Å². The van der Waals surface area contributed by atoms with E-state index in [0.717, 1.165) is 0 Å². The van der Waals surface area contributed by atoms with Gasteiger partial charge >= 0.3 is 6.09 Å². The molecule has 0 aromatic carbocycles. The molecule has 21 heavy (non-hydrogen) atoms. The highest BCUT2D eigenvalue weighted by molar-refractivity contribution is 6.29. The van der Waals surface area contributed by atoms with Crippen LogP contribution in [0.1, 0.15) is 32.6 Å². The first kappa shape index (κ1) is 17.4. The number of halogens is 1. The van der Waals surface area contributed by atoms with Crippen LogP contribution in [0.25, 0.3) is 0 Å². The number of rotatable bonds is 4. The van der Waals surface area contributed by atoms with E-state index in [1.54, 1.807) is 20.8 Å². The SMILES string of the molecule is CC(C)(C)OC(=O)NCC(O)C(O)c1ncc(Cl)nc1N. The number of aromatic nitrogens is 2. The van der Waals surface area contributed by atoms with Crippen LogP contribution in [0.5, 0.6) is 0 Å². The van der Waals surface area contributed by atoms with Crippen LogP contribution in [-0.2, 0) is 4.74 Å². The fourth-order valence-electron chi connectivity index (χ4n) is 1.41. The van der Waals surface area contributed by atoms with Gasteiger partial charge in [0.1, 0.15) is 34.5 Å². The second kappa shape index (κ2) is 6.88. The zero-order chi connectivity index (χ0) is 16.2. The number of amides is 1. The number of nitrogens with zero attached hydrogens (tertiary/aromatic N) is 2. The van der Waals surface area contributed by atoms with Crippen molar-refractivity contribution in [3.8, 4) is 0 Å². The van der Waals surface area contributed by atoms with Crippen molar-refractivity contribution in [3.05, 3.63) is 17.0 Å². The van der Waals surface area contributed by atoms with Gasteiger partial charge in [-0.2, -0.15) is 0 Å². The van der Waals surface area contributed by atoms with E-state index in [-0.39, 0.29) is 23.2 Å². The largest absolute Gasteiger partial charge is 0.444 e. The molecular weight excluding hydrogens is 300 g/mol. The number of ether oxygens (including phenoxy) is 1. The van der Waals surface area contributed by atoms with Crippen LogP contribution >= 0.6 is 11.6 Å². The summed E-state index contributed by atoms with van der Waals surface area (Å²) in [6.45, 7) is 4.89. The fraction of sp³-hybridized carbons (Fsp3) is 0.583. The van der Waals surface area contributed by atoms with Crippen LogP contribution in [0.2, 0.25) is 5.15 Å². The van der Waals surface area contributed by atoms with Crippen LogP contribution in [0, 0.1) is 0 Å². The van der Waals surface area contributed by atoms with Gasteiger partial charge in [0.25, 0.3) is 0 Å². The number of nitrogen functional groups attached to an aromatic ring is 1. The second-order valence-corrected chi connectivity index (χ2v) is 5.75. The normalized spacial score (nSPS) is 14.4. The fourth-order valence-corrected chi connectivity index (χ4v) is 1.55. The maximum atomic E-state index is 11.4. The van der Waals surface area contributed by atoms with Gasteiger partial charge < -0.3 is 26.0 Å². The molecule has 0 spiro atoms. The molecule has 0 aliphatic carbocycles. The lowest BCUT2D eigenvalue weighted by atomic mass is 10.1. The minimum absolute atomic E-state index is 0.0158. The maximum Gasteiger partial charge on any atom is 0.407 e. The topological polar surface area (TPSA) is 131 Å². The summed E-state index contributed by atoms with van der Waals surface area (Å²) in [4.78, 5) is 19.0. The van der Waals surface area contributed by atoms with Gasteiger partial charge in [-0.1, -0.05) is 11.6 Å². The van der Waals surface area contributed by atoms with Crippen LogP contribution in [0.15, 0.2) is 6.20 Å². The average Bonchev–Trinajstić information content (AvgIpc) is 2.33. The highest BCUT2D eigenvalue weighted by atomic mass is 35.5. The Bertz CT molecular complexity index is 507. The van der Waals surface area contributed by atoms with Gasteiger partial charge in [0.15, 0.2) is 0 Å². The number of carbonyl (C=O) groups excluding carboxylic acids is 1. The Balaban J connectivity index is 2.59. The quantitative estimate of drug-likeness (QED) is 0.640. The minimum Gasteiger partial charge on any atom is -0.444 e. The summed E-state index contributed by atoms with van der Waals surface area (Å²) in [5, 5.41) is 22.2. The molecule has 1 amide bonds. The molecule has 1 aromatic heterocycles. The van der Waals surface area contributed by atoms with Crippen molar-refractivity contribution < 1.29 is 19.7 Å². The zero-order valence-electron chi connectivity index (χ0n) is 12.0. The van der Waals surface area contributed by atoms with Crippen molar-refractivity contribution in [2.45, 2.75) is 38.6 Å². The van der Waals surface area contributed by atoms with Gasteiger partial charge in [-0.15, -0.1) is 0 Å². The van der Waals surface area contributed by atoms with E-state index in [1.807, 2.05) is 0 Å². The molecule has 9 heteroatoms. The number of alkyl carbamates (subject to hydrolysis) is 1. The van der Waals surface area contributed by atoms with E-state index in [9.17, 15) is 15.0 Å². The number of aliphatic hydroxyl groups is 2. The molecule has 1 aromatic rings. The molecule has 1 rings (SSSR count). The van der Waals surface area contributed by atoms with Gasteiger partial charge in [0.2, 0.25) is 0 Å². The second-order valence-electron chi connectivity index (χ2n) is 5.36. The lowest BCUT2D eigenvalue weighted by Gasteiger charge is -2.22. The number of nitrogens with two attached hydrogens (primary N) is 1. The van der Waals surface area contributed by atoms with E-state index in [2.05, 4.69) is 15.3 Å². The van der Waals surface area contributed by atoms with Gasteiger partial charge in [-0.3, -0.25) is 4.98 Å². The summed E-state index contributed by atoms with van der Waals surface area (Å²) < 4.78 is 5.00. The van der Waals surface area contributed by atoms with Gasteiger partial charge in [0, 0.05) is 6.54 Å². The summed E-state index contributed by atoms with van der Waals surface area (Å²) in [7, 11) is 0. The van der Waals surface area contributed by atoms with E-state index in [0.29, 0.717) is 0 Å². The third kappa shape index (κ3) is 5.70. The highest BCUT2D eigenvalue weighted by Gasteiger charge is 2.24. The van der Waals surface area contributed by atoms with E-state index in [4.69, 9.17) is 22.1 Å². The number of anilines is 1. The zero-order valence-corrected chi connectivity index (χ0v) is 12.8. The van der Waals surface area contributed by atoms with E-state index in [1.165, 1.54) is 6.20 Å². The molecule has 0 bridgehead atoms. The Morgan fingerprint density at radius 2 is 2.14 bits per heavy atom. The van der Waals surface area contributed by atoms with Crippen LogP contribution in [0.3, 0.4) is 0 Å². The lowest BCUT2D eigenvalue weighted by Crippen LogP contribution is -2.39. The summed E-state index contributed by atoms with van der Waals surface area (Å²) >= 11 is 5.59. The standard InChI is InChI=1S/C12H19ClN4O4/c1-12(2,3)21-11(20)16-4-6(18)9(19)8-10(14)17-7(13)5-15-8/h5-6,9,18-19H,4H2,1-3H3,(H2,14,17)(H,16,20). The third-order valence-corrected chi connectivity index (χ3v) is 2.48. The molecule has 0 aliphatic heterocycles. The molecule has 0 saturated carbocycles. The molecule has 0 saturated heterocycles. The van der Waals surface area contributed by atoms with Crippen molar-refractivity contribution in [1.29, 1.82) is 0 Å². The summed E-state index contributed by atoms with van der Waals surface area (Å²) in [5.74, 6) is -0.0914. The van der Waals surface area contributed by atoms with Crippen molar-refractivity contribution in [2.24, 2.45) is 0 Å². The Kier molecular flexibility index (Phi) is 5.70. The average molecular weight is 319 g/mol. The van der Waals surface area contributed by atoms with Crippen molar-refractivity contribution >= 4 is 23.5 Å². The van der Waals surface area contributed by atoms with Gasteiger partial charge in [-0.25, -0.2) is 9.78 Å². The molecule has 2 atom stereocenters. The molecule has 1 heterocycles. The number of hydrogen-bond acceptors (Lipinski definition) is 7. The predicted octanol–water partition coefficient (Wildman–Crippen LogP) is 0.631. The number of aliphatic hydroxyl groups excluding tert-OH is 2. The Morgan fingerprint density at radius 3 is 2.67 bits per heavy atom. The van der Waals surface area contributed by atoms with Crippen molar-refractivity contribution in [3.63, 3.8) is 0 Å². The van der Waals surface area contributed by atoms with Gasteiger partial charge in [-0.05, 0) is 20.8 Å². The number of hydrogen-bond donors (Lipinski definition) is 4. The Morgan fingerprint density at radius 1 is 1.52 bits per heavy atom. The summed E-state index contributed by atoms with van der Waals surface area (Å²) in [6.07, 6.45) is -2.24. The molecule has 0 fully saturated rings. The maximum absolute atomic E-state index is 11.4. The smallest absolute Gasteiger partial charge is 0.407 e. The van der Waals surface area contributed by atoms with Crippen LogP contribution in [-0.4, -0.2) is 44.5 Å². The molecule has 0 radical (unpaired) electrons. The molecular formula is C12H19ClN4O4. The van der Waals surface area contributed by atoms with E-state index < -0.39 is 23.9 Å². The van der Waals surface area contributed by atoms with Crippen LogP contribution < -0.4 is 11.1 Å². The summed E-state index contributed by atoms with van der Waals surface area (Å²) in [5.41, 5.74) is 4.89. The van der Waals surface area contributed by atoms with Crippen molar-refractivity contribution in [2.75, 3.05) is 12.3 Å². The van der Waals surface area contributed by atoms with Crippen molar-refractivity contribution in [1.82, 2.24) is 15.3 Å². The first-order valence-corrected chi connectivity index (χ1v) is 6.59. The Hall–Kier alpha value is -1.64. The minimum atomic E-state index is -1.41. The highest BCUT2D eigenvalue weighted by Crippen LogP contribution is 2.20. The molecule has 8 nitrogen and oxygen atoms in total. The number of nitrogens with one attached hydrogen (secondary N) is 1. The predicted molar refractivity (Wildman–Crippen MR) is 76.7 cm³/mol. The van der Waals surface area contributed by atoms with Gasteiger partial charge in [0.05, 0.1) is 6.20 Å². The molecule has 0 aliphatic rings. The Labute approximate surface area is 127 Å². The number of carbonyl (C=O) groups is 1.